The summed E-state index contributed by atoms with van der Waals surface area (Å²) in [5, 5.41) is 3.68. The maximum Gasteiger partial charge on any atom is 0.340 e. The molecular formula is C19H20Cl2N2O3. The summed E-state index contributed by atoms with van der Waals surface area (Å²) in [6.45, 7) is 3.79. The van der Waals surface area contributed by atoms with Gasteiger partial charge >= 0.3 is 5.97 Å². The minimum atomic E-state index is -0.482. The van der Waals surface area contributed by atoms with Crippen molar-refractivity contribution >= 4 is 35.1 Å². The number of esters is 1. The van der Waals surface area contributed by atoms with Crippen LogP contribution in [0.15, 0.2) is 24.3 Å². The number of hydrogen-bond donors (Lipinski definition) is 1. The number of amides is 1. The Morgan fingerprint density at radius 1 is 1.23 bits per heavy atom. The Bertz CT molecular complexity index is 857. The molecule has 5 nitrogen and oxygen atoms in total. The third-order valence-corrected chi connectivity index (χ3v) is 5.03. The van der Waals surface area contributed by atoms with Gasteiger partial charge in [-0.15, -0.1) is 0 Å². The maximum absolute atomic E-state index is 12.3. The van der Waals surface area contributed by atoms with Crippen molar-refractivity contribution in [3.05, 3.63) is 56.8 Å². The van der Waals surface area contributed by atoms with Crippen molar-refractivity contribution in [3.8, 4) is 0 Å². The monoisotopic (exact) mass is 394 g/mol. The first-order valence-corrected chi connectivity index (χ1v) is 9.18. The van der Waals surface area contributed by atoms with Crippen LogP contribution in [-0.4, -0.2) is 23.1 Å². The van der Waals surface area contributed by atoms with E-state index >= 15 is 0 Å². The number of ether oxygens (including phenoxy) is 1. The zero-order valence-corrected chi connectivity index (χ0v) is 16.2. The summed E-state index contributed by atoms with van der Waals surface area (Å²) in [5.41, 5.74) is 3.19. The lowest BCUT2D eigenvalue weighted by atomic mass is 10.2. The number of rotatable bonds is 6. The number of hydrogen-bond acceptors (Lipinski definition) is 3. The van der Waals surface area contributed by atoms with Crippen LogP contribution in [-0.2, 0) is 16.1 Å². The van der Waals surface area contributed by atoms with Crippen molar-refractivity contribution in [3.63, 3.8) is 0 Å². The highest BCUT2D eigenvalue weighted by Crippen LogP contribution is 2.38. The molecule has 1 saturated carbocycles. The van der Waals surface area contributed by atoms with Gasteiger partial charge in [-0.2, -0.15) is 0 Å². The van der Waals surface area contributed by atoms with Gasteiger partial charge in [0.25, 0.3) is 5.91 Å². The second-order valence-electron chi connectivity index (χ2n) is 6.47. The number of aryl methyl sites for hydroxylation is 1. The predicted octanol–water partition coefficient (Wildman–Crippen LogP) is 4.22. The van der Waals surface area contributed by atoms with Gasteiger partial charge in [-0.3, -0.25) is 4.79 Å². The average molecular weight is 395 g/mol. The predicted molar refractivity (Wildman–Crippen MR) is 101 cm³/mol. The van der Waals surface area contributed by atoms with Gasteiger partial charge in [-0.05, 0) is 50.5 Å². The normalized spacial score (nSPS) is 13.5. The van der Waals surface area contributed by atoms with E-state index in [0.717, 1.165) is 29.8 Å². The van der Waals surface area contributed by atoms with Crippen LogP contribution in [0.25, 0.3) is 0 Å². The van der Waals surface area contributed by atoms with E-state index < -0.39 is 5.97 Å². The van der Waals surface area contributed by atoms with Crippen molar-refractivity contribution in [2.24, 2.45) is 0 Å². The lowest BCUT2D eigenvalue weighted by Crippen LogP contribution is -2.28. The second kappa shape index (κ2) is 7.72. The highest BCUT2D eigenvalue weighted by molar-refractivity contribution is 6.35. The Morgan fingerprint density at radius 2 is 1.96 bits per heavy atom. The molecule has 2 aromatic rings. The molecule has 0 spiro atoms. The largest absolute Gasteiger partial charge is 0.452 e. The van der Waals surface area contributed by atoms with Gasteiger partial charge in [0.1, 0.15) is 0 Å². The third kappa shape index (κ3) is 4.22. The van der Waals surface area contributed by atoms with Crippen molar-refractivity contribution in [2.45, 2.75) is 39.3 Å². The van der Waals surface area contributed by atoms with E-state index in [1.165, 1.54) is 0 Å². The molecule has 7 heteroatoms. The molecule has 0 aliphatic heterocycles. The number of aromatic nitrogens is 1. The molecule has 3 rings (SSSR count). The highest BCUT2D eigenvalue weighted by Gasteiger charge is 2.28. The molecule has 1 aromatic carbocycles. The van der Waals surface area contributed by atoms with Gasteiger partial charge in [0.2, 0.25) is 0 Å². The molecule has 1 heterocycles. The first-order valence-electron chi connectivity index (χ1n) is 8.43. The summed E-state index contributed by atoms with van der Waals surface area (Å²) in [6.07, 6.45) is 2.28. The average Bonchev–Trinajstić information content (AvgIpc) is 3.37. The second-order valence-corrected chi connectivity index (χ2v) is 7.32. The van der Waals surface area contributed by atoms with Gasteiger partial charge in [-0.25, -0.2) is 4.79 Å². The standard InChI is InChI=1S/C19H20Cl2N2O3/c1-11-7-16(12(2)23(11)15-5-6-15)19(25)26-10-18(24)22-9-13-3-4-14(20)8-17(13)21/h3-4,7-8,15H,5-6,9-10H2,1-2H3,(H,22,24). The number of nitrogens with one attached hydrogen (secondary N) is 1. The first kappa shape index (κ1) is 18.8. The quantitative estimate of drug-likeness (QED) is 0.745. The summed E-state index contributed by atoms with van der Waals surface area (Å²) in [7, 11) is 0. The zero-order valence-electron chi connectivity index (χ0n) is 14.6. The Morgan fingerprint density at radius 3 is 2.62 bits per heavy atom. The molecule has 1 N–H and O–H groups in total. The smallest absolute Gasteiger partial charge is 0.340 e. The van der Waals surface area contributed by atoms with Gasteiger partial charge in [0, 0.05) is 34.0 Å². The fourth-order valence-electron chi connectivity index (χ4n) is 3.00. The molecule has 0 atom stereocenters. The molecule has 1 aliphatic rings. The maximum atomic E-state index is 12.3. The fraction of sp³-hybridized carbons (Fsp3) is 0.368. The molecule has 138 valence electrons. The molecule has 1 aliphatic carbocycles. The Labute approximate surface area is 162 Å². The van der Waals surface area contributed by atoms with Crippen molar-refractivity contribution in [1.82, 2.24) is 9.88 Å². The minimum absolute atomic E-state index is 0.239. The zero-order chi connectivity index (χ0) is 18.8. The topological polar surface area (TPSA) is 60.3 Å². The summed E-state index contributed by atoms with van der Waals surface area (Å²) < 4.78 is 7.32. The number of carbonyl (C=O) groups is 2. The summed E-state index contributed by atoms with van der Waals surface area (Å²) in [5.74, 6) is -0.870. The van der Waals surface area contributed by atoms with Crippen molar-refractivity contribution < 1.29 is 14.3 Å². The van der Waals surface area contributed by atoms with Gasteiger partial charge in [-0.1, -0.05) is 29.3 Å². The van der Waals surface area contributed by atoms with Crippen molar-refractivity contribution in [1.29, 1.82) is 0 Å². The molecule has 0 saturated heterocycles. The first-order chi connectivity index (χ1) is 12.4. The highest BCUT2D eigenvalue weighted by atomic mass is 35.5. The number of halogens is 2. The lowest BCUT2D eigenvalue weighted by molar-refractivity contribution is -0.124. The van der Waals surface area contributed by atoms with Crippen LogP contribution < -0.4 is 5.32 Å². The van der Waals surface area contributed by atoms with E-state index in [1.807, 2.05) is 19.9 Å². The summed E-state index contributed by atoms with van der Waals surface area (Å²) >= 11 is 11.9. The van der Waals surface area contributed by atoms with Crippen LogP contribution in [0.1, 0.15) is 46.2 Å². The van der Waals surface area contributed by atoms with E-state index in [-0.39, 0.29) is 19.1 Å². The molecular weight excluding hydrogens is 375 g/mol. The van der Waals surface area contributed by atoms with Crippen molar-refractivity contribution in [2.75, 3.05) is 6.61 Å². The van der Waals surface area contributed by atoms with Crippen LogP contribution in [0.5, 0.6) is 0 Å². The fourth-order valence-corrected chi connectivity index (χ4v) is 3.47. The van der Waals surface area contributed by atoms with E-state index in [1.54, 1.807) is 18.2 Å². The van der Waals surface area contributed by atoms with E-state index in [9.17, 15) is 9.59 Å². The van der Waals surface area contributed by atoms with E-state index in [4.69, 9.17) is 27.9 Å². The van der Waals surface area contributed by atoms with Gasteiger partial charge < -0.3 is 14.6 Å². The molecule has 1 fully saturated rings. The third-order valence-electron chi connectivity index (χ3n) is 4.44. The van der Waals surface area contributed by atoms with Crippen LogP contribution >= 0.6 is 23.2 Å². The van der Waals surface area contributed by atoms with E-state index in [0.29, 0.717) is 21.7 Å². The molecule has 0 bridgehead atoms. The van der Waals surface area contributed by atoms with Gasteiger partial charge in [0.15, 0.2) is 6.61 Å². The number of nitrogens with zero attached hydrogens (tertiary/aromatic N) is 1. The van der Waals surface area contributed by atoms with Crippen LogP contribution in [0, 0.1) is 13.8 Å². The molecule has 26 heavy (non-hydrogen) atoms. The molecule has 1 aromatic heterocycles. The van der Waals surface area contributed by atoms with Gasteiger partial charge in [0.05, 0.1) is 5.56 Å². The number of carbonyl (C=O) groups excluding carboxylic acids is 2. The van der Waals surface area contributed by atoms with Crippen LogP contribution in [0.4, 0.5) is 0 Å². The molecule has 0 radical (unpaired) electrons. The lowest BCUT2D eigenvalue weighted by Gasteiger charge is -2.09. The summed E-state index contributed by atoms with van der Waals surface area (Å²) in [6, 6.07) is 7.36. The SMILES string of the molecule is Cc1cc(C(=O)OCC(=O)NCc2ccc(Cl)cc2Cl)c(C)n1C1CC1. The molecule has 0 unspecified atom stereocenters. The number of benzene rings is 1. The Hall–Kier alpha value is -1.98. The van der Waals surface area contributed by atoms with Crippen LogP contribution in [0.2, 0.25) is 10.0 Å². The summed E-state index contributed by atoms with van der Waals surface area (Å²) in [4.78, 5) is 24.2. The van der Waals surface area contributed by atoms with Crippen LogP contribution in [0.3, 0.4) is 0 Å². The Balaban J connectivity index is 1.53. The van der Waals surface area contributed by atoms with E-state index in [2.05, 4.69) is 9.88 Å². The minimum Gasteiger partial charge on any atom is -0.452 e. The Kier molecular flexibility index (Phi) is 5.58. The molecule has 1 amide bonds.